The third-order valence-electron chi connectivity index (χ3n) is 2.85. The molecule has 0 heterocycles. The van der Waals surface area contributed by atoms with Gasteiger partial charge in [-0.3, -0.25) is 0 Å². The molecule has 0 saturated carbocycles. The van der Waals surface area contributed by atoms with Gasteiger partial charge in [0.25, 0.3) is 0 Å². The minimum Gasteiger partial charge on any atom is -0.0748 e. The fourth-order valence-electron chi connectivity index (χ4n) is 1.40. The van der Waals surface area contributed by atoms with E-state index in [2.05, 4.69) is 58.1 Å². The van der Waals surface area contributed by atoms with Gasteiger partial charge in [-0.05, 0) is 17.9 Å². The molecule has 0 N–H and O–H groups in total. The Bertz CT molecular complexity index is 253. The lowest BCUT2D eigenvalue weighted by Crippen LogP contribution is -2.06. The van der Waals surface area contributed by atoms with Crippen LogP contribution in [0.2, 0.25) is 0 Å². The second-order valence-electron chi connectivity index (χ2n) is 4.37. The molecular formula is C13H20. The van der Waals surface area contributed by atoms with Crippen LogP contribution >= 0.6 is 0 Å². The maximum atomic E-state index is 2.32. The summed E-state index contributed by atoms with van der Waals surface area (Å²) in [5, 5.41) is 0. The van der Waals surface area contributed by atoms with Gasteiger partial charge in [0.15, 0.2) is 0 Å². The van der Waals surface area contributed by atoms with Crippen molar-refractivity contribution < 1.29 is 0 Å². The summed E-state index contributed by atoms with van der Waals surface area (Å²) in [7, 11) is 0. The van der Waals surface area contributed by atoms with Crippen LogP contribution in [0.5, 0.6) is 0 Å². The standard InChI is InChI=1S/C13H20/c1-5-13(4)9-6-7-12(8-10-13)11(2)3/h6-11H,5H2,1-4H3. The zero-order valence-electron chi connectivity index (χ0n) is 9.17. The molecule has 0 amide bonds. The molecule has 0 aromatic heterocycles. The van der Waals surface area contributed by atoms with Gasteiger partial charge in [0, 0.05) is 5.41 Å². The second kappa shape index (κ2) is 3.95. The number of hydrogen-bond donors (Lipinski definition) is 0. The molecule has 0 bridgehead atoms. The van der Waals surface area contributed by atoms with Crippen LogP contribution in [0.3, 0.4) is 0 Å². The van der Waals surface area contributed by atoms with Crippen molar-refractivity contribution in [3.63, 3.8) is 0 Å². The highest BCUT2D eigenvalue weighted by Gasteiger charge is 2.15. The summed E-state index contributed by atoms with van der Waals surface area (Å²) in [5.41, 5.74) is 1.68. The van der Waals surface area contributed by atoms with E-state index in [-0.39, 0.29) is 5.41 Å². The van der Waals surface area contributed by atoms with Crippen molar-refractivity contribution >= 4 is 0 Å². The topological polar surface area (TPSA) is 0 Å². The van der Waals surface area contributed by atoms with Crippen molar-refractivity contribution in [2.75, 3.05) is 0 Å². The number of allylic oxidation sites excluding steroid dienone is 6. The fourth-order valence-corrected chi connectivity index (χ4v) is 1.40. The van der Waals surface area contributed by atoms with Gasteiger partial charge in [0.05, 0.1) is 0 Å². The Balaban J connectivity index is 2.86. The van der Waals surface area contributed by atoms with Gasteiger partial charge in [-0.2, -0.15) is 0 Å². The van der Waals surface area contributed by atoms with Crippen LogP contribution in [0.25, 0.3) is 0 Å². The highest BCUT2D eigenvalue weighted by Crippen LogP contribution is 2.28. The average Bonchev–Trinajstić information content (AvgIpc) is 2.28. The highest BCUT2D eigenvalue weighted by atomic mass is 14.2. The Morgan fingerprint density at radius 1 is 1.31 bits per heavy atom. The molecule has 0 aliphatic heterocycles. The summed E-state index contributed by atoms with van der Waals surface area (Å²) in [6, 6.07) is 0. The lowest BCUT2D eigenvalue weighted by atomic mass is 9.87. The molecule has 1 aliphatic carbocycles. The van der Waals surface area contributed by atoms with Crippen molar-refractivity contribution in [2.45, 2.75) is 34.1 Å². The molecule has 1 atom stereocenters. The Kier molecular flexibility index (Phi) is 3.13. The molecule has 1 aliphatic rings. The molecule has 0 saturated heterocycles. The molecule has 0 aromatic rings. The normalized spacial score (nSPS) is 27.6. The van der Waals surface area contributed by atoms with E-state index in [0.717, 1.165) is 0 Å². The quantitative estimate of drug-likeness (QED) is 0.594. The summed E-state index contributed by atoms with van der Waals surface area (Å²) in [4.78, 5) is 0. The maximum Gasteiger partial charge on any atom is 0.00364 e. The first-order valence-electron chi connectivity index (χ1n) is 5.16. The molecule has 13 heavy (non-hydrogen) atoms. The molecule has 0 radical (unpaired) electrons. The van der Waals surface area contributed by atoms with Crippen LogP contribution in [0, 0.1) is 11.3 Å². The van der Waals surface area contributed by atoms with E-state index in [0.29, 0.717) is 5.92 Å². The summed E-state index contributed by atoms with van der Waals surface area (Å²) in [6.45, 7) is 8.98. The molecule has 72 valence electrons. The minimum absolute atomic E-state index is 0.257. The molecule has 0 heteroatoms. The average molecular weight is 176 g/mol. The highest BCUT2D eigenvalue weighted by molar-refractivity contribution is 5.32. The molecular weight excluding hydrogens is 156 g/mol. The van der Waals surface area contributed by atoms with E-state index in [1.165, 1.54) is 12.0 Å². The predicted octanol–water partition coefficient (Wildman–Crippen LogP) is 4.11. The SMILES string of the molecule is CCC1(C)C=CC=C(C(C)C)C=C1. The van der Waals surface area contributed by atoms with E-state index in [1.807, 2.05) is 0 Å². The van der Waals surface area contributed by atoms with Gasteiger partial charge < -0.3 is 0 Å². The monoisotopic (exact) mass is 176 g/mol. The Morgan fingerprint density at radius 2 is 2.00 bits per heavy atom. The van der Waals surface area contributed by atoms with E-state index < -0.39 is 0 Å². The van der Waals surface area contributed by atoms with Crippen LogP contribution in [0.15, 0.2) is 36.0 Å². The van der Waals surface area contributed by atoms with E-state index in [1.54, 1.807) is 0 Å². The van der Waals surface area contributed by atoms with E-state index in [9.17, 15) is 0 Å². The largest absolute Gasteiger partial charge is 0.0748 e. The summed E-state index contributed by atoms with van der Waals surface area (Å²) < 4.78 is 0. The lowest BCUT2D eigenvalue weighted by Gasteiger charge is -2.18. The summed E-state index contributed by atoms with van der Waals surface area (Å²) >= 11 is 0. The van der Waals surface area contributed by atoms with Crippen molar-refractivity contribution in [1.29, 1.82) is 0 Å². The van der Waals surface area contributed by atoms with Gasteiger partial charge >= 0.3 is 0 Å². The van der Waals surface area contributed by atoms with Crippen LogP contribution < -0.4 is 0 Å². The lowest BCUT2D eigenvalue weighted by molar-refractivity contribution is 0.530. The zero-order chi connectivity index (χ0) is 9.90. The fraction of sp³-hybridized carbons (Fsp3) is 0.538. The van der Waals surface area contributed by atoms with Crippen molar-refractivity contribution in [2.24, 2.45) is 11.3 Å². The molecule has 0 nitrogen and oxygen atoms in total. The summed E-state index contributed by atoms with van der Waals surface area (Å²) in [5.74, 6) is 0.625. The van der Waals surface area contributed by atoms with Gasteiger partial charge in [-0.25, -0.2) is 0 Å². The Hall–Kier alpha value is -0.780. The smallest absolute Gasteiger partial charge is 0.00364 e. The van der Waals surface area contributed by atoms with Gasteiger partial charge in [0.2, 0.25) is 0 Å². The Morgan fingerprint density at radius 3 is 2.54 bits per heavy atom. The van der Waals surface area contributed by atoms with E-state index >= 15 is 0 Å². The van der Waals surface area contributed by atoms with Gasteiger partial charge in [-0.1, -0.05) is 58.1 Å². The molecule has 0 fully saturated rings. The predicted molar refractivity (Wildman–Crippen MR) is 59.6 cm³/mol. The van der Waals surface area contributed by atoms with Crippen molar-refractivity contribution in [3.05, 3.63) is 36.0 Å². The molecule has 0 aromatic carbocycles. The van der Waals surface area contributed by atoms with Crippen LogP contribution in [-0.2, 0) is 0 Å². The van der Waals surface area contributed by atoms with Gasteiger partial charge in [-0.15, -0.1) is 0 Å². The third kappa shape index (κ3) is 2.58. The molecule has 1 rings (SSSR count). The first-order valence-corrected chi connectivity index (χ1v) is 5.16. The third-order valence-corrected chi connectivity index (χ3v) is 2.85. The van der Waals surface area contributed by atoms with Crippen molar-refractivity contribution in [3.8, 4) is 0 Å². The number of hydrogen-bond acceptors (Lipinski definition) is 0. The van der Waals surface area contributed by atoms with E-state index in [4.69, 9.17) is 0 Å². The maximum absolute atomic E-state index is 2.32. The minimum atomic E-state index is 0.257. The van der Waals surface area contributed by atoms with Crippen LogP contribution in [0.4, 0.5) is 0 Å². The van der Waals surface area contributed by atoms with Gasteiger partial charge in [0.1, 0.15) is 0 Å². The summed E-state index contributed by atoms with van der Waals surface area (Å²) in [6.07, 6.45) is 12.5. The first kappa shape index (κ1) is 10.3. The Labute approximate surface area is 82.0 Å². The van der Waals surface area contributed by atoms with Crippen LogP contribution in [0.1, 0.15) is 34.1 Å². The first-order chi connectivity index (χ1) is 6.07. The molecule has 1 unspecified atom stereocenters. The number of rotatable bonds is 2. The van der Waals surface area contributed by atoms with Crippen molar-refractivity contribution in [1.82, 2.24) is 0 Å². The van der Waals surface area contributed by atoms with Crippen LogP contribution in [-0.4, -0.2) is 0 Å². The zero-order valence-corrected chi connectivity index (χ0v) is 9.17. The second-order valence-corrected chi connectivity index (χ2v) is 4.37. The molecule has 0 spiro atoms.